The van der Waals surface area contributed by atoms with Gasteiger partial charge in [0.15, 0.2) is 0 Å². The Hall–Kier alpha value is -3.24. The Kier molecular flexibility index (Phi) is 7.15. The fraction of sp³-hybridized carbons (Fsp3) is 0.250. The van der Waals surface area contributed by atoms with Crippen molar-refractivity contribution in [2.75, 3.05) is 7.11 Å². The van der Waals surface area contributed by atoms with Crippen molar-refractivity contribution < 1.29 is 24.0 Å². The van der Waals surface area contributed by atoms with Gasteiger partial charge >= 0.3 is 7.12 Å². The molecule has 0 aliphatic rings. The van der Waals surface area contributed by atoms with Gasteiger partial charge in [-0.3, -0.25) is 9.48 Å². The number of aromatic nitrogens is 3. The lowest BCUT2D eigenvalue weighted by Gasteiger charge is -2.18. The van der Waals surface area contributed by atoms with Crippen molar-refractivity contribution in [3.8, 4) is 17.0 Å². The molecule has 0 saturated heterocycles. The van der Waals surface area contributed by atoms with E-state index >= 15 is 0 Å². The Morgan fingerprint density at radius 1 is 1.27 bits per heavy atom. The van der Waals surface area contributed by atoms with Crippen molar-refractivity contribution in [3.05, 3.63) is 66.1 Å². The molecule has 0 spiro atoms. The van der Waals surface area contributed by atoms with E-state index in [4.69, 9.17) is 4.74 Å². The third-order valence-electron chi connectivity index (χ3n) is 4.50. The number of halogens is 1. The van der Waals surface area contributed by atoms with Gasteiger partial charge in [-0.05, 0) is 24.1 Å². The smallest absolute Gasteiger partial charge is 0.475 e. The number of hydrogen-bond acceptors (Lipinski definition) is 6. The number of carbonyl (C=O) groups is 1. The third-order valence-corrected chi connectivity index (χ3v) is 4.50. The van der Waals surface area contributed by atoms with Crippen LogP contribution in [0.15, 0.2) is 54.7 Å². The van der Waals surface area contributed by atoms with Crippen molar-refractivity contribution in [2.45, 2.75) is 25.3 Å². The van der Waals surface area contributed by atoms with Crippen LogP contribution in [0, 0.1) is 5.82 Å². The Morgan fingerprint density at radius 2 is 2.03 bits per heavy atom. The minimum absolute atomic E-state index is 0.0268. The number of amides is 1. The van der Waals surface area contributed by atoms with Crippen molar-refractivity contribution in [3.63, 3.8) is 0 Å². The third kappa shape index (κ3) is 5.88. The van der Waals surface area contributed by atoms with Gasteiger partial charge in [0.1, 0.15) is 17.3 Å². The number of nitrogens with zero attached hydrogens (tertiary/aromatic N) is 3. The average Bonchev–Trinajstić information content (AvgIpc) is 3.21. The number of carbonyl (C=O) groups excluding carboxylic acids is 1. The summed E-state index contributed by atoms with van der Waals surface area (Å²) in [6, 6.07) is 13.6. The van der Waals surface area contributed by atoms with Gasteiger partial charge in [0, 0.05) is 18.1 Å². The first-order chi connectivity index (χ1) is 14.4. The fourth-order valence-corrected chi connectivity index (χ4v) is 2.99. The molecule has 1 aromatic heterocycles. The van der Waals surface area contributed by atoms with Crippen molar-refractivity contribution in [1.29, 1.82) is 0 Å². The van der Waals surface area contributed by atoms with Crippen LogP contribution < -0.4 is 10.1 Å². The van der Waals surface area contributed by atoms with Gasteiger partial charge in [0.2, 0.25) is 5.91 Å². The van der Waals surface area contributed by atoms with Crippen molar-refractivity contribution in [1.82, 2.24) is 20.3 Å². The molecule has 0 aliphatic carbocycles. The molecule has 30 heavy (non-hydrogen) atoms. The molecule has 1 atom stereocenters. The first-order valence-electron chi connectivity index (χ1n) is 9.39. The first kappa shape index (κ1) is 21.5. The van der Waals surface area contributed by atoms with E-state index in [0.29, 0.717) is 17.0 Å². The SMILES string of the molecule is COc1cc(F)cc(C[C@H](NC(=O)CCn2cc(-c3ccccc3)nn2)B(O)O)c1. The van der Waals surface area contributed by atoms with Crippen LogP contribution in [0.1, 0.15) is 12.0 Å². The Labute approximate surface area is 173 Å². The number of methoxy groups -OCH3 is 1. The summed E-state index contributed by atoms with van der Waals surface area (Å²) in [6.45, 7) is 0.272. The summed E-state index contributed by atoms with van der Waals surface area (Å²) in [5.41, 5.74) is 2.08. The van der Waals surface area contributed by atoms with Gasteiger partial charge < -0.3 is 20.1 Å². The molecule has 2 aromatic carbocycles. The summed E-state index contributed by atoms with van der Waals surface area (Å²) in [4.78, 5) is 12.3. The molecule has 156 valence electrons. The van der Waals surface area contributed by atoms with Crippen LogP contribution >= 0.6 is 0 Å². The van der Waals surface area contributed by atoms with Gasteiger partial charge in [0.25, 0.3) is 0 Å². The molecule has 3 rings (SSSR count). The Bertz CT molecular complexity index is 984. The highest BCUT2D eigenvalue weighted by atomic mass is 19.1. The zero-order chi connectivity index (χ0) is 21.5. The predicted octanol–water partition coefficient (Wildman–Crippen LogP) is 1.22. The molecule has 0 fully saturated rings. The summed E-state index contributed by atoms with van der Waals surface area (Å²) in [5, 5.41) is 29.9. The molecule has 10 heteroatoms. The number of ether oxygens (including phenoxy) is 1. The second-order valence-corrected chi connectivity index (χ2v) is 6.77. The topological polar surface area (TPSA) is 110 Å². The second-order valence-electron chi connectivity index (χ2n) is 6.77. The molecule has 0 unspecified atom stereocenters. The maximum absolute atomic E-state index is 13.7. The summed E-state index contributed by atoms with van der Waals surface area (Å²) >= 11 is 0. The van der Waals surface area contributed by atoms with Gasteiger partial charge in [-0.2, -0.15) is 0 Å². The highest BCUT2D eigenvalue weighted by Crippen LogP contribution is 2.18. The molecule has 8 nitrogen and oxygen atoms in total. The predicted molar refractivity (Wildman–Crippen MR) is 109 cm³/mol. The molecule has 0 bridgehead atoms. The van der Waals surface area contributed by atoms with Crippen molar-refractivity contribution in [2.24, 2.45) is 0 Å². The molecule has 0 radical (unpaired) electrons. The minimum Gasteiger partial charge on any atom is -0.497 e. The van der Waals surface area contributed by atoms with Gasteiger partial charge in [0.05, 0.1) is 25.8 Å². The number of benzene rings is 2. The van der Waals surface area contributed by atoms with Crippen LogP contribution in [-0.4, -0.2) is 51.1 Å². The van der Waals surface area contributed by atoms with Gasteiger partial charge in [-0.15, -0.1) is 5.10 Å². The van der Waals surface area contributed by atoms with E-state index in [2.05, 4.69) is 15.6 Å². The number of rotatable bonds is 9. The summed E-state index contributed by atoms with van der Waals surface area (Å²) in [6.07, 6.45) is 1.83. The average molecular weight is 412 g/mol. The maximum Gasteiger partial charge on any atom is 0.475 e. The van der Waals surface area contributed by atoms with E-state index in [1.165, 1.54) is 19.2 Å². The zero-order valence-corrected chi connectivity index (χ0v) is 16.4. The van der Waals surface area contributed by atoms with Crippen LogP contribution in [0.3, 0.4) is 0 Å². The standard InChI is InChI=1S/C20H22BFN4O4/c1-30-17-10-14(9-16(22)12-17)11-19(21(28)29)23-20(27)7-8-26-13-18(24-25-26)15-5-3-2-4-6-15/h2-6,9-10,12-13,19,28-29H,7-8,11H2,1H3,(H,23,27)/t19-/m0/s1. The summed E-state index contributed by atoms with van der Waals surface area (Å²) in [7, 11) is -0.397. The van der Waals surface area contributed by atoms with Crippen LogP contribution in [0.5, 0.6) is 5.75 Å². The number of aryl methyl sites for hydroxylation is 1. The van der Waals surface area contributed by atoms with E-state index in [1.807, 2.05) is 30.3 Å². The monoisotopic (exact) mass is 412 g/mol. The lowest BCUT2D eigenvalue weighted by atomic mass is 9.76. The van der Waals surface area contributed by atoms with E-state index < -0.39 is 24.8 Å². The molecule has 3 N–H and O–H groups in total. The van der Waals surface area contributed by atoms with Crippen LogP contribution in [0.25, 0.3) is 11.3 Å². The maximum atomic E-state index is 13.7. The van der Waals surface area contributed by atoms with Crippen LogP contribution in [0.2, 0.25) is 0 Å². The van der Waals surface area contributed by atoms with E-state index in [1.54, 1.807) is 16.9 Å². The number of hydrogen-bond donors (Lipinski definition) is 3. The molecule has 0 aliphatic heterocycles. The van der Waals surface area contributed by atoms with Gasteiger partial charge in [-0.25, -0.2) is 4.39 Å². The first-order valence-corrected chi connectivity index (χ1v) is 9.39. The van der Waals surface area contributed by atoms with Crippen LogP contribution in [-0.2, 0) is 17.8 Å². The lowest BCUT2D eigenvalue weighted by Crippen LogP contribution is -2.48. The second kappa shape index (κ2) is 9.99. The largest absolute Gasteiger partial charge is 0.497 e. The normalized spacial score (nSPS) is 11.7. The molecular weight excluding hydrogens is 390 g/mol. The van der Waals surface area contributed by atoms with Gasteiger partial charge in [-0.1, -0.05) is 35.5 Å². The fourth-order valence-electron chi connectivity index (χ4n) is 2.99. The Morgan fingerprint density at radius 3 is 2.73 bits per heavy atom. The molecule has 3 aromatic rings. The molecule has 1 amide bonds. The molecule has 0 saturated carbocycles. The quantitative estimate of drug-likeness (QED) is 0.456. The van der Waals surface area contributed by atoms with E-state index in [0.717, 1.165) is 5.56 Å². The summed E-state index contributed by atoms with van der Waals surface area (Å²) < 4.78 is 20.2. The summed E-state index contributed by atoms with van der Waals surface area (Å²) in [5.74, 6) is -1.60. The van der Waals surface area contributed by atoms with E-state index in [-0.39, 0.29) is 19.4 Å². The van der Waals surface area contributed by atoms with Crippen LogP contribution in [0.4, 0.5) is 4.39 Å². The molecular formula is C20H22BFN4O4. The highest BCUT2D eigenvalue weighted by molar-refractivity contribution is 6.43. The lowest BCUT2D eigenvalue weighted by molar-refractivity contribution is -0.121. The number of nitrogens with one attached hydrogen (secondary N) is 1. The van der Waals surface area contributed by atoms with E-state index in [9.17, 15) is 19.2 Å². The minimum atomic E-state index is -1.81. The zero-order valence-electron chi connectivity index (χ0n) is 16.4. The Balaban J connectivity index is 1.57. The highest BCUT2D eigenvalue weighted by Gasteiger charge is 2.26. The van der Waals surface area contributed by atoms with Crippen molar-refractivity contribution >= 4 is 13.0 Å². The molecule has 1 heterocycles.